The minimum absolute atomic E-state index is 0.213. The fourth-order valence-electron chi connectivity index (χ4n) is 3.07. The van der Waals surface area contributed by atoms with Crippen molar-refractivity contribution in [1.29, 1.82) is 0 Å². The number of carbonyl (C=O) groups is 1. The lowest BCUT2D eigenvalue weighted by Crippen LogP contribution is -2.47. The molecule has 7 heteroatoms. The molecular weight excluding hydrogens is 323 g/mol. The molecule has 0 aliphatic carbocycles. The first kappa shape index (κ1) is 17.6. The first-order valence-electron chi connectivity index (χ1n) is 8.49. The van der Waals surface area contributed by atoms with E-state index in [0.29, 0.717) is 17.9 Å². The van der Waals surface area contributed by atoms with E-state index in [4.69, 9.17) is 4.74 Å². The average Bonchev–Trinajstić information content (AvgIpc) is 3.04. The van der Waals surface area contributed by atoms with Gasteiger partial charge in [-0.1, -0.05) is 0 Å². The molecule has 1 fully saturated rings. The summed E-state index contributed by atoms with van der Waals surface area (Å²) in [5.74, 6) is -0.518. The lowest BCUT2D eigenvalue weighted by Gasteiger charge is -2.35. The Balaban J connectivity index is 1.51. The molecular formula is C18H23FN4O2. The van der Waals surface area contributed by atoms with Crippen molar-refractivity contribution in [2.45, 2.75) is 26.1 Å². The summed E-state index contributed by atoms with van der Waals surface area (Å²) in [4.78, 5) is 14.5. The Morgan fingerprint density at radius 2 is 1.92 bits per heavy atom. The molecule has 1 aromatic carbocycles. The molecule has 2 heterocycles. The van der Waals surface area contributed by atoms with Crippen LogP contribution in [0.15, 0.2) is 36.5 Å². The molecule has 6 nitrogen and oxygen atoms in total. The number of morpholine rings is 1. The molecule has 0 bridgehead atoms. The summed E-state index contributed by atoms with van der Waals surface area (Å²) in [7, 11) is 0. The second-order valence-electron chi connectivity index (χ2n) is 6.39. The maximum atomic E-state index is 13.0. The van der Waals surface area contributed by atoms with Crippen LogP contribution in [0.1, 0.15) is 24.3 Å². The Kier molecular flexibility index (Phi) is 5.45. The van der Waals surface area contributed by atoms with Gasteiger partial charge in [-0.05, 0) is 44.2 Å². The Labute approximate surface area is 146 Å². The second kappa shape index (κ2) is 7.76. The van der Waals surface area contributed by atoms with Gasteiger partial charge in [0, 0.05) is 32.4 Å². The van der Waals surface area contributed by atoms with Crippen molar-refractivity contribution >= 4 is 5.91 Å². The highest BCUT2D eigenvalue weighted by molar-refractivity contribution is 5.92. The Morgan fingerprint density at radius 3 is 2.60 bits per heavy atom. The van der Waals surface area contributed by atoms with E-state index in [9.17, 15) is 9.18 Å². The van der Waals surface area contributed by atoms with Crippen LogP contribution in [0.4, 0.5) is 4.39 Å². The minimum atomic E-state index is -0.305. The number of nitrogens with zero attached hydrogens (tertiary/aromatic N) is 3. The fourth-order valence-corrected chi connectivity index (χ4v) is 3.07. The topological polar surface area (TPSA) is 59.4 Å². The van der Waals surface area contributed by atoms with E-state index >= 15 is 0 Å². The monoisotopic (exact) mass is 346 g/mol. The molecule has 0 radical (unpaired) electrons. The van der Waals surface area contributed by atoms with Crippen molar-refractivity contribution in [2.24, 2.45) is 0 Å². The Morgan fingerprint density at radius 1 is 1.24 bits per heavy atom. The number of rotatable bonds is 5. The molecule has 1 amide bonds. The van der Waals surface area contributed by atoms with E-state index in [1.807, 2.05) is 0 Å². The van der Waals surface area contributed by atoms with Crippen LogP contribution in [0.5, 0.6) is 0 Å². The lowest BCUT2D eigenvalue weighted by atomic mass is 10.2. The molecule has 0 spiro atoms. The maximum Gasteiger partial charge on any atom is 0.271 e. The summed E-state index contributed by atoms with van der Waals surface area (Å²) < 4.78 is 20.2. The Bertz CT molecular complexity index is 706. The zero-order valence-electron chi connectivity index (χ0n) is 14.5. The van der Waals surface area contributed by atoms with Crippen LogP contribution in [0.3, 0.4) is 0 Å². The number of hydrogen-bond acceptors (Lipinski definition) is 4. The largest absolute Gasteiger partial charge is 0.373 e. The molecule has 1 aliphatic rings. The van der Waals surface area contributed by atoms with Crippen molar-refractivity contribution in [3.63, 3.8) is 0 Å². The van der Waals surface area contributed by atoms with Gasteiger partial charge in [0.1, 0.15) is 5.82 Å². The zero-order valence-corrected chi connectivity index (χ0v) is 14.5. The number of ether oxygens (including phenoxy) is 1. The van der Waals surface area contributed by atoms with Crippen molar-refractivity contribution in [2.75, 3.05) is 26.2 Å². The molecule has 2 atom stereocenters. The predicted octanol–water partition coefficient (Wildman–Crippen LogP) is 1.85. The van der Waals surface area contributed by atoms with Gasteiger partial charge in [0.15, 0.2) is 5.69 Å². The van der Waals surface area contributed by atoms with Crippen LogP contribution >= 0.6 is 0 Å². The minimum Gasteiger partial charge on any atom is -0.373 e. The van der Waals surface area contributed by atoms with E-state index in [0.717, 1.165) is 19.6 Å². The first-order chi connectivity index (χ1) is 12.0. The van der Waals surface area contributed by atoms with Gasteiger partial charge in [0.25, 0.3) is 5.91 Å². The van der Waals surface area contributed by atoms with E-state index in [-0.39, 0.29) is 23.9 Å². The normalized spacial score (nSPS) is 21.2. The van der Waals surface area contributed by atoms with Crippen LogP contribution in [0.2, 0.25) is 0 Å². The molecule has 1 saturated heterocycles. The van der Waals surface area contributed by atoms with Crippen molar-refractivity contribution in [3.8, 4) is 5.69 Å². The van der Waals surface area contributed by atoms with Crippen molar-refractivity contribution in [1.82, 2.24) is 20.0 Å². The van der Waals surface area contributed by atoms with Gasteiger partial charge in [0.05, 0.1) is 17.9 Å². The third-order valence-electron chi connectivity index (χ3n) is 4.12. The van der Waals surface area contributed by atoms with E-state index in [2.05, 4.69) is 29.2 Å². The first-order valence-corrected chi connectivity index (χ1v) is 8.49. The van der Waals surface area contributed by atoms with Crippen LogP contribution in [0.25, 0.3) is 5.69 Å². The molecule has 2 aromatic rings. The van der Waals surface area contributed by atoms with Gasteiger partial charge in [-0.15, -0.1) is 0 Å². The van der Waals surface area contributed by atoms with Crippen LogP contribution in [-0.2, 0) is 4.74 Å². The van der Waals surface area contributed by atoms with E-state index in [1.165, 1.54) is 12.1 Å². The van der Waals surface area contributed by atoms with Crippen molar-refractivity contribution in [3.05, 3.63) is 48.0 Å². The van der Waals surface area contributed by atoms with E-state index in [1.54, 1.807) is 29.1 Å². The average molecular weight is 346 g/mol. The number of benzene rings is 1. The fraction of sp³-hybridized carbons (Fsp3) is 0.444. The van der Waals surface area contributed by atoms with Crippen molar-refractivity contribution < 1.29 is 13.9 Å². The van der Waals surface area contributed by atoms with Crippen LogP contribution in [-0.4, -0.2) is 59.0 Å². The molecule has 2 unspecified atom stereocenters. The third-order valence-corrected chi connectivity index (χ3v) is 4.12. The number of amides is 1. The zero-order chi connectivity index (χ0) is 17.8. The van der Waals surface area contributed by atoms with Crippen LogP contribution in [0, 0.1) is 5.82 Å². The molecule has 1 N–H and O–H groups in total. The quantitative estimate of drug-likeness (QED) is 0.898. The van der Waals surface area contributed by atoms with Gasteiger partial charge in [-0.2, -0.15) is 5.10 Å². The summed E-state index contributed by atoms with van der Waals surface area (Å²) in [6, 6.07) is 7.61. The standard InChI is InChI=1S/C18H23FN4O2/c1-13-11-22(12-14(2)25-13)10-8-20-18(24)17-7-9-23(21-17)16-5-3-15(19)4-6-16/h3-7,9,13-14H,8,10-12H2,1-2H3,(H,20,24). The molecule has 134 valence electrons. The second-order valence-corrected chi connectivity index (χ2v) is 6.39. The van der Waals surface area contributed by atoms with Gasteiger partial charge in [-0.3, -0.25) is 9.69 Å². The number of nitrogens with one attached hydrogen (secondary N) is 1. The summed E-state index contributed by atoms with van der Waals surface area (Å²) in [5.41, 5.74) is 1.05. The summed E-state index contributed by atoms with van der Waals surface area (Å²) in [6.45, 7) is 7.20. The summed E-state index contributed by atoms with van der Waals surface area (Å²) in [6.07, 6.45) is 2.12. The third kappa shape index (κ3) is 4.64. The molecule has 1 aliphatic heterocycles. The number of hydrogen-bond donors (Lipinski definition) is 1. The van der Waals surface area contributed by atoms with Gasteiger partial charge >= 0.3 is 0 Å². The number of aromatic nitrogens is 2. The molecule has 0 saturated carbocycles. The number of carbonyl (C=O) groups excluding carboxylic acids is 1. The smallest absolute Gasteiger partial charge is 0.271 e. The van der Waals surface area contributed by atoms with Gasteiger partial charge < -0.3 is 10.1 Å². The molecule has 3 rings (SSSR count). The van der Waals surface area contributed by atoms with Gasteiger partial charge in [-0.25, -0.2) is 9.07 Å². The Hall–Kier alpha value is -2.25. The summed E-state index contributed by atoms with van der Waals surface area (Å²) >= 11 is 0. The van der Waals surface area contributed by atoms with E-state index < -0.39 is 0 Å². The number of halogens is 1. The summed E-state index contributed by atoms with van der Waals surface area (Å²) in [5, 5.41) is 7.14. The highest BCUT2D eigenvalue weighted by atomic mass is 19.1. The molecule has 25 heavy (non-hydrogen) atoms. The highest BCUT2D eigenvalue weighted by Gasteiger charge is 2.21. The highest BCUT2D eigenvalue weighted by Crippen LogP contribution is 2.10. The maximum absolute atomic E-state index is 13.0. The predicted molar refractivity (Wildman–Crippen MR) is 92.3 cm³/mol. The lowest BCUT2D eigenvalue weighted by molar-refractivity contribution is -0.0672. The van der Waals surface area contributed by atoms with Crippen LogP contribution < -0.4 is 5.32 Å². The SMILES string of the molecule is CC1CN(CCNC(=O)c2ccn(-c3ccc(F)cc3)n2)CC(C)O1. The molecule has 1 aromatic heterocycles. The van der Waals surface area contributed by atoms with Gasteiger partial charge in [0.2, 0.25) is 0 Å².